The van der Waals surface area contributed by atoms with Gasteiger partial charge in [0, 0.05) is 35.0 Å². The molecule has 204 valence electrons. The normalized spacial score (nSPS) is 24.6. The first-order valence-corrected chi connectivity index (χ1v) is 14.0. The number of morpholine rings is 1. The van der Waals surface area contributed by atoms with Crippen LogP contribution < -0.4 is 5.32 Å². The smallest absolute Gasteiger partial charge is 0.251 e. The van der Waals surface area contributed by atoms with E-state index in [1.807, 2.05) is 26.0 Å². The molecule has 0 aliphatic carbocycles. The van der Waals surface area contributed by atoms with Crippen molar-refractivity contribution in [1.29, 1.82) is 0 Å². The van der Waals surface area contributed by atoms with Crippen molar-refractivity contribution < 1.29 is 28.2 Å². The summed E-state index contributed by atoms with van der Waals surface area (Å²) in [4.78, 5) is 44.8. The third kappa shape index (κ3) is 5.83. The molecule has 1 aromatic carbocycles. The SMILES string of the molecule is CC(C)CC(NC(=O)c1ccc(-c2ccc(CN3CCOCC3)s2)cc1)C(=O)N1C[C@H](F)[C@H]2OCC(=O)[C@H]21. The molecule has 1 aromatic heterocycles. The first kappa shape index (κ1) is 26.9. The second-order valence-electron chi connectivity index (χ2n) is 10.6. The van der Waals surface area contributed by atoms with E-state index >= 15 is 0 Å². The van der Waals surface area contributed by atoms with Gasteiger partial charge in [-0.25, -0.2) is 4.39 Å². The number of ether oxygens (including phenoxy) is 2. The molecule has 1 unspecified atom stereocenters. The van der Waals surface area contributed by atoms with Crippen LogP contribution in [0.15, 0.2) is 36.4 Å². The summed E-state index contributed by atoms with van der Waals surface area (Å²) in [6.45, 7) is 7.83. The number of hydrogen-bond donors (Lipinski definition) is 1. The zero-order valence-electron chi connectivity index (χ0n) is 21.7. The Balaban J connectivity index is 1.24. The number of carbonyl (C=O) groups is 3. The molecule has 10 heteroatoms. The molecule has 3 fully saturated rings. The van der Waals surface area contributed by atoms with Gasteiger partial charge in [0.2, 0.25) is 5.91 Å². The largest absolute Gasteiger partial charge is 0.379 e. The van der Waals surface area contributed by atoms with Crippen LogP contribution in [0, 0.1) is 5.92 Å². The summed E-state index contributed by atoms with van der Waals surface area (Å²) >= 11 is 1.74. The van der Waals surface area contributed by atoms with E-state index in [-0.39, 0.29) is 30.8 Å². The highest BCUT2D eigenvalue weighted by molar-refractivity contribution is 7.15. The highest BCUT2D eigenvalue weighted by atomic mass is 32.1. The zero-order valence-corrected chi connectivity index (χ0v) is 22.5. The van der Waals surface area contributed by atoms with Crippen molar-refractivity contribution in [2.24, 2.45) is 5.92 Å². The minimum atomic E-state index is -1.41. The van der Waals surface area contributed by atoms with Crippen molar-refractivity contribution in [1.82, 2.24) is 15.1 Å². The highest BCUT2D eigenvalue weighted by Crippen LogP contribution is 2.31. The fourth-order valence-corrected chi connectivity index (χ4v) is 6.40. The number of likely N-dealkylation sites (tertiary alicyclic amines) is 1. The lowest BCUT2D eigenvalue weighted by molar-refractivity contribution is -0.138. The second kappa shape index (κ2) is 11.6. The number of fused-ring (bicyclic) bond motifs is 1. The molecule has 2 amide bonds. The van der Waals surface area contributed by atoms with E-state index in [1.54, 1.807) is 23.5 Å². The lowest BCUT2D eigenvalue weighted by Gasteiger charge is -2.28. The van der Waals surface area contributed by atoms with Crippen LogP contribution in [-0.2, 0) is 25.6 Å². The molecule has 5 rings (SSSR count). The topological polar surface area (TPSA) is 88.2 Å². The summed E-state index contributed by atoms with van der Waals surface area (Å²) in [5, 5.41) is 2.84. The molecule has 1 N–H and O–H groups in total. The molecule has 0 bridgehead atoms. The lowest BCUT2D eigenvalue weighted by atomic mass is 10.0. The van der Waals surface area contributed by atoms with Crippen molar-refractivity contribution in [2.75, 3.05) is 39.5 Å². The maximum atomic E-state index is 14.4. The first-order chi connectivity index (χ1) is 18.3. The predicted octanol–water partition coefficient (Wildman–Crippen LogP) is 2.91. The number of carbonyl (C=O) groups excluding carboxylic acids is 3. The number of rotatable bonds is 8. The van der Waals surface area contributed by atoms with E-state index in [0.717, 1.165) is 43.3 Å². The first-order valence-electron chi connectivity index (χ1n) is 13.2. The molecule has 3 saturated heterocycles. The van der Waals surface area contributed by atoms with Gasteiger partial charge < -0.3 is 19.7 Å². The van der Waals surface area contributed by atoms with Crippen LogP contribution in [0.3, 0.4) is 0 Å². The Morgan fingerprint density at radius 2 is 1.87 bits per heavy atom. The van der Waals surface area contributed by atoms with Gasteiger partial charge in [-0.1, -0.05) is 26.0 Å². The van der Waals surface area contributed by atoms with Crippen molar-refractivity contribution in [3.8, 4) is 10.4 Å². The molecule has 3 aliphatic heterocycles. The van der Waals surface area contributed by atoms with Crippen LogP contribution in [0.2, 0.25) is 0 Å². The molecular weight excluding hydrogens is 509 g/mol. The van der Waals surface area contributed by atoms with Crippen LogP contribution in [-0.4, -0.2) is 91.2 Å². The van der Waals surface area contributed by atoms with E-state index in [0.29, 0.717) is 12.0 Å². The minimum Gasteiger partial charge on any atom is -0.379 e. The van der Waals surface area contributed by atoms with Crippen molar-refractivity contribution in [2.45, 2.75) is 51.2 Å². The van der Waals surface area contributed by atoms with Gasteiger partial charge in [-0.2, -0.15) is 0 Å². The fraction of sp³-hybridized carbons (Fsp3) is 0.536. The Bertz CT molecular complexity index is 1160. The van der Waals surface area contributed by atoms with Crippen molar-refractivity contribution in [3.05, 3.63) is 46.8 Å². The van der Waals surface area contributed by atoms with Gasteiger partial charge in [-0.05, 0) is 42.2 Å². The number of Topliss-reactive ketones (excluding diaryl/α,β-unsaturated/α-hetero) is 1. The highest BCUT2D eigenvalue weighted by Gasteiger charge is 2.53. The maximum Gasteiger partial charge on any atom is 0.251 e. The number of amides is 2. The monoisotopic (exact) mass is 543 g/mol. The summed E-state index contributed by atoms with van der Waals surface area (Å²) in [6.07, 6.45) is -1.95. The third-order valence-corrected chi connectivity index (χ3v) is 8.41. The molecule has 4 atom stereocenters. The van der Waals surface area contributed by atoms with Gasteiger partial charge in [-0.3, -0.25) is 19.3 Å². The van der Waals surface area contributed by atoms with Gasteiger partial charge in [0.25, 0.3) is 5.91 Å². The minimum absolute atomic E-state index is 0.104. The van der Waals surface area contributed by atoms with Crippen LogP contribution >= 0.6 is 11.3 Å². The van der Waals surface area contributed by atoms with Gasteiger partial charge in [0.15, 0.2) is 5.78 Å². The van der Waals surface area contributed by atoms with Crippen LogP contribution in [0.1, 0.15) is 35.5 Å². The lowest BCUT2D eigenvalue weighted by Crippen LogP contribution is -2.52. The fourth-order valence-electron chi connectivity index (χ4n) is 5.34. The van der Waals surface area contributed by atoms with Crippen LogP contribution in [0.4, 0.5) is 4.39 Å². The molecular formula is C28H34FN3O5S. The van der Waals surface area contributed by atoms with E-state index in [2.05, 4.69) is 22.3 Å². The Hall–Kier alpha value is -2.66. The Labute approximate surface area is 226 Å². The molecule has 3 aliphatic rings. The maximum absolute atomic E-state index is 14.4. The van der Waals surface area contributed by atoms with Gasteiger partial charge in [0.05, 0.1) is 19.8 Å². The van der Waals surface area contributed by atoms with E-state index < -0.39 is 30.3 Å². The number of nitrogens with one attached hydrogen (secondary N) is 1. The quantitative estimate of drug-likeness (QED) is 0.551. The van der Waals surface area contributed by atoms with Crippen LogP contribution in [0.5, 0.6) is 0 Å². The van der Waals surface area contributed by atoms with Crippen LogP contribution in [0.25, 0.3) is 10.4 Å². The summed E-state index contributed by atoms with van der Waals surface area (Å²) in [5.41, 5.74) is 1.45. The Morgan fingerprint density at radius 3 is 2.58 bits per heavy atom. The van der Waals surface area contributed by atoms with E-state index in [4.69, 9.17) is 9.47 Å². The number of nitrogens with zero attached hydrogens (tertiary/aromatic N) is 2. The number of thiophene rings is 1. The van der Waals surface area contributed by atoms with E-state index in [1.165, 1.54) is 9.78 Å². The summed E-state index contributed by atoms with van der Waals surface area (Å²) in [7, 11) is 0. The summed E-state index contributed by atoms with van der Waals surface area (Å²) in [6, 6.07) is 9.79. The predicted molar refractivity (Wildman–Crippen MR) is 142 cm³/mol. The average molecular weight is 544 g/mol. The number of benzene rings is 1. The number of hydrogen-bond acceptors (Lipinski definition) is 7. The molecule has 38 heavy (non-hydrogen) atoms. The molecule has 0 radical (unpaired) electrons. The van der Waals surface area contributed by atoms with Crippen molar-refractivity contribution in [3.63, 3.8) is 0 Å². The summed E-state index contributed by atoms with van der Waals surface area (Å²) in [5.74, 6) is -1.01. The number of ketones is 1. The molecule has 0 saturated carbocycles. The molecule has 0 spiro atoms. The Kier molecular flexibility index (Phi) is 8.23. The van der Waals surface area contributed by atoms with E-state index in [9.17, 15) is 18.8 Å². The number of alkyl halides is 1. The number of halogens is 1. The molecule has 8 nitrogen and oxygen atoms in total. The average Bonchev–Trinajstić information content (AvgIpc) is 3.61. The molecule has 2 aromatic rings. The van der Waals surface area contributed by atoms with Gasteiger partial charge >= 0.3 is 0 Å². The van der Waals surface area contributed by atoms with Gasteiger partial charge in [-0.15, -0.1) is 11.3 Å². The second-order valence-corrected chi connectivity index (χ2v) is 11.7. The summed E-state index contributed by atoms with van der Waals surface area (Å²) < 4.78 is 25.1. The standard InChI is InChI=1S/C28H34FN3O5S/c1-17(2)13-22(28(35)32-15-21(29)26-25(32)23(33)16-37-26)30-27(34)19-5-3-18(4-6-19)24-8-7-20(38-24)14-31-9-11-36-12-10-31/h3-8,17,21-22,25-26H,9-16H2,1-2H3,(H,30,34)/t21-,22?,25+,26+/m0/s1. The Morgan fingerprint density at radius 1 is 1.13 bits per heavy atom. The van der Waals surface area contributed by atoms with Crippen molar-refractivity contribution >= 4 is 28.9 Å². The van der Waals surface area contributed by atoms with Gasteiger partial charge in [0.1, 0.15) is 31.0 Å². The molecule has 4 heterocycles. The zero-order chi connectivity index (χ0) is 26.8. The third-order valence-electron chi connectivity index (χ3n) is 7.29.